The lowest BCUT2D eigenvalue weighted by atomic mass is 10.4. The summed E-state index contributed by atoms with van der Waals surface area (Å²) in [5.41, 5.74) is 0. The summed E-state index contributed by atoms with van der Waals surface area (Å²) in [4.78, 5) is 10.4. The van der Waals surface area contributed by atoms with E-state index in [1.165, 1.54) is 5.30 Å². The lowest BCUT2D eigenvalue weighted by molar-refractivity contribution is -0.102. The molecule has 1 nitrogen and oxygen atoms in total. The van der Waals surface area contributed by atoms with Gasteiger partial charge in [-0.2, -0.15) is 0 Å². The van der Waals surface area contributed by atoms with Crippen LogP contribution in [0.2, 0.25) is 0 Å². The Morgan fingerprint density at radius 1 is 1.17 bits per heavy atom. The molecule has 0 amide bonds. The Hall–Kier alpha value is -0.810. The van der Waals surface area contributed by atoms with Crippen LogP contribution in [0.3, 0.4) is 0 Å². The Kier molecular flexibility index (Phi) is 2.88. The molecular weight excluding hydrogens is 167 g/mol. The van der Waals surface area contributed by atoms with E-state index in [1.54, 1.807) is 5.80 Å². The molecular formula is C10H13OP. The molecule has 0 heterocycles. The van der Waals surface area contributed by atoms with Crippen molar-refractivity contribution in [2.45, 2.75) is 0 Å². The van der Waals surface area contributed by atoms with E-state index >= 15 is 0 Å². The SMILES string of the molecule is CP(C)(=CC=O)c1ccccc1. The first kappa shape index (κ1) is 9.28. The van der Waals surface area contributed by atoms with Crippen molar-refractivity contribution in [2.24, 2.45) is 0 Å². The van der Waals surface area contributed by atoms with Gasteiger partial charge in [-0.15, -0.1) is 0 Å². The Morgan fingerprint density at radius 2 is 1.75 bits per heavy atom. The number of aldehydes is 1. The fourth-order valence-electron chi connectivity index (χ4n) is 1.05. The van der Waals surface area contributed by atoms with Gasteiger partial charge in [-0.1, -0.05) is 37.2 Å². The first-order valence-electron chi connectivity index (χ1n) is 3.86. The maximum Gasteiger partial charge on any atom is 0.143 e. The number of hydrogen-bond acceptors (Lipinski definition) is 1. The Bertz CT molecular complexity index is 308. The Labute approximate surface area is 73.4 Å². The van der Waals surface area contributed by atoms with Crippen molar-refractivity contribution in [3.05, 3.63) is 30.3 Å². The van der Waals surface area contributed by atoms with Gasteiger partial charge in [0.1, 0.15) is 6.29 Å². The van der Waals surface area contributed by atoms with E-state index in [2.05, 4.69) is 25.5 Å². The largest absolute Gasteiger partial charge is 0.299 e. The molecule has 0 aliphatic heterocycles. The minimum Gasteiger partial charge on any atom is -0.299 e. The molecule has 0 atom stereocenters. The highest BCUT2D eigenvalue weighted by Gasteiger charge is 2.04. The fourth-order valence-corrected chi connectivity index (χ4v) is 2.47. The van der Waals surface area contributed by atoms with E-state index in [0.717, 1.165) is 6.29 Å². The smallest absolute Gasteiger partial charge is 0.143 e. The van der Waals surface area contributed by atoms with E-state index < -0.39 is 6.89 Å². The molecule has 64 valence electrons. The zero-order chi connectivity index (χ0) is 9.03. The molecule has 0 aliphatic rings. The van der Waals surface area contributed by atoms with Crippen molar-refractivity contribution in [2.75, 3.05) is 13.3 Å². The molecule has 0 aromatic heterocycles. The van der Waals surface area contributed by atoms with Gasteiger partial charge in [-0.3, -0.25) is 4.79 Å². The van der Waals surface area contributed by atoms with Crippen molar-refractivity contribution in [3.63, 3.8) is 0 Å². The molecule has 0 radical (unpaired) electrons. The van der Waals surface area contributed by atoms with Gasteiger partial charge in [0.05, 0.1) is 0 Å². The van der Waals surface area contributed by atoms with Crippen LogP contribution in [0.25, 0.3) is 0 Å². The third-order valence-electron chi connectivity index (χ3n) is 1.86. The second-order valence-electron chi connectivity index (χ2n) is 3.16. The normalized spacial score (nSPS) is 10.8. The van der Waals surface area contributed by atoms with Gasteiger partial charge >= 0.3 is 0 Å². The summed E-state index contributed by atoms with van der Waals surface area (Å²) < 4.78 is 0. The molecule has 2 heteroatoms. The first-order chi connectivity index (χ1) is 5.67. The van der Waals surface area contributed by atoms with Gasteiger partial charge in [0.2, 0.25) is 0 Å². The lowest BCUT2D eigenvalue weighted by Crippen LogP contribution is -2.04. The van der Waals surface area contributed by atoms with Crippen molar-refractivity contribution in [1.82, 2.24) is 0 Å². The predicted molar refractivity (Wildman–Crippen MR) is 57.0 cm³/mol. The number of hydrogen-bond donors (Lipinski definition) is 0. The molecule has 0 fully saturated rings. The van der Waals surface area contributed by atoms with Gasteiger partial charge < -0.3 is 0 Å². The summed E-state index contributed by atoms with van der Waals surface area (Å²) >= 11 is 0. The number of carbonyl (C=O) groups is 1. The van der Waals surface area contributed by atoms with E-state index in [1.807, 2.05) is 18.2 Å². The standard InChI is InChI=1S/C10H13OP/c1-12(2,9-8-11)10-6-4-3-5-7-10/h3-9H,1-2H3. The fraction of sp³-hybridized carbons (Fsp3) is 0.200. The molecule has 0 unspecified atom stereocenters. The van der Waals surface area contributed by atoms with Crippen molar-refractivity contribution >= 4 is 24.3 Å². The summed E-state index contributed by atoms with van der Waals surface area (Å²) in [6.07, 6.45) is 0.904. The zero-order valence-electron chi connectivity index (χ0n) is 7.40. The summed E-state index contributed by atoms with van der Waals surface area (Å²) in [5, 5.41) is 1.28. The quantitative estimate of drug-likeness (QED) is 0.499. The molecule has 0 bridgehead atoms. The molecule has 12 heavy (non-hydrogen) atoms. The second-order valence-corrected chi connectivity index (χ2v) is 7.06. The van der Waals surface area contributed by atoms with Gasteiger partial charge in [0, 0.05) is 0 Å². The molecule has 0 saturated heterocycles. The Balaban J connectivity index is 3.15. The summed E-state index contributed by atoms with van der Waals surface area (Å²) in [5.74, 6) is 1.78. The van der Waals surface area contributed by atoms with Crippen LogP contribution in [-0.2, 0) is 4.79 Å². The van der Waals surface area contributed by atoms with Crippen LogP contribution < -0.4 is 5.30 Å². The third kappa shape index (κ3) is 2.09. The highest BCUT2D eigenvalue weighted by atomic mass is 31.2. The monoisotopic (exact) mass is 180 g/mol. The summed E-state index contributed by atoms with van der Waals surface area (Å²) in [7, 11) is 0. The van der Waals surface area contributed by atoms with E-state index in [-0.39, 0.29) is 0 Å². The predicted octanol–water partition coefficient (Wildman–Crippen LogP) is 1.59. The molecule has 0 saturated carbocycles. The topological polar surface area (TPSA) is 17.1 Å². The van der Waals surface area contributed by atoms with Crippen LogP contribution >= 0.6 is 6.89 Å². The first-order valence-corrected chi connectivity index (χ1v) is 6.61. The van der Waals surface area contributed by atoms with Crippen LogP contribution in [0.1, 0.15) is 0 Å². The average Bonchev–Trinajstić information content (AvgIpc) is 2.06. The second kappa shape index (κ2) is 3.73. The van der Waals surface area contributed by atoms with Gasteiger partial charge in [0.15, 0.2) is 0 Å². The summed E-state index contributed by atoms with van der Waals surface area (Å²) in [6, 6.07) is 10.2. The molecule has 1 aromatic rings. The molecule has 1 rings (SSSR count). The van der Waals surface area contributed by atoms with Crippen LogP contribution in [0, 0.1) is 0 Å². The molecule has 0 aliphatic carbocycles. The van der Waals surface area contributed by atoms with E-state index in [9.17, 15) is 4.79 Å². The maximum absolute atomic E-state index is 10.4. The van der Waals surface area contributed by atoms with Gasteiger partial charge in [-0.05, 0) is 24.4 Å². The van der Waals surface area contributed by atoms with E-state index in [4.69, 9.17) is 0 Å². The van der Waals surface area contributed by atoms with Crippen molar-refractivity contribution in [3.8, 4) is 0 Å². The average molecular weight is 180 g/mol. The number of carbonyl (C=O) groups excluding carboxylic acids is 1. The minimum atomic E-state index is -1.29. The molecule has 0 N–H and O–H groups in total. The number of benzene rings is 1. The van der Waals surface area contributed by atoms with Crippen molar-refractivity contribution < 1.29 is 4.79 Å². The lowest BCUT2D eigenvalue weighted by Gasteiger charge is -2.13. The van der Waals surface area contributed by atoms with E-state index in [0.29, 0.717) is 0 Å². The van der Waals surface area contributed by atoms with Gasteiger partial charge in [0.25, 0.3) is 0 Å². The molecule has 1 aromatic carbocycles. The maximum atomic E-state index is 10.4. The summed E-state index contributed by atoms with van der Waals surface area (Å²) in [6.45, 7) is 2.98. The van der Waals surface area contributed by atoms with Crippen LogP contribution in [0.5, 0.6) is 0 Å². The van der Waals surface area contributed by atoms with Gasteiger partial charge in [-0.25, -0.2) is 0 Å². The number of rotatable bonds is 2. The molecule has 0 spiro atoms. The highest BCUT2D eigenvalue weighted by molar-refractivity contribution is 7.81. The zero-order valence-corrected chi connectivity index (χ0v) is 8.29. The third-order valence-corrected chi connectivity index (χ3v) is 4.35. The van der Waals surface area contributed by atoms with Crippen LogP contribution in [0.15, 0.2) is 30.3 Å². The highest BCUT2D eigenvalue weighted by Crippen LogP contribution is 2.35. The van der Waals surface area contributed by atoms with Crippen LogP contribution in [0.4, 0.5) is 0 Å². The van der Waals surface area contributed by atoms with Crippen molar-refractivity contribution in [1.29, 1.82) is 0 Å². The van der Waals surface area contributed by atoms with Crippen LogP contribution in [-0.4, -0.2) is 25.4 Å². The minimum absolute atomic E-state index is 0.904. The Morgan fingerprint density at radius 3 is 2.25 bits per heavy atom.